The Labute approximate surface area is 176 Å². The number of halogens is 1. The molecule has 2 N–H and O–H groups in total. The lowest BCUT2D eigenvalue weighted by Gasteiger charge is -2.22. The number of hydrogen-bond donors (Lipinski definition) is 2. The Bertz CT molecular complexity index is 970. The van der Waals surface area contributed by atoms with Crippen molar-refractivity contribution in [2.24, 2.45) is 0 Å². The highest BCUT2D eigenvalue weighted by molar-refractivity contribution is 9.10. The highest BCUT2D eigenvalue weighted by Crippen LogP contribution is 2.23. The predicted molar refractivity (Wildman–Crippen MR) is 107 cm³/mol. The van der Waals surface area contributed by atoms with Crippen LogP contribution in [0.25, 0.3) is 0 Å². The SMILES string of the molecule is O=C(NCc1cccnc1)C(=O)NC[C@@H]1OCCN1S(=O)(=O)c1ccc(Br)cc1. The molecule has 1 atom stereocenters. The third-order valence-electron chi connectivity index (χ3n) is 4.18. The van der Waals surface area contributed by atoms with E-state index in [4.69, 9.17) is 4.74 Å². The zero-order valence-corrected chi connectivity index (χ0v) is 17.6. The molecule has 1 aromatic heterocycles. The first-order chi connectivity index (χ1) is 13.9. The third-order valence-corrected chi connectivity index (χ3v) is 6.61. The predicted octanol–water partition coefficient (Wildman–Crippen LogP) is 0.624. The second-order valence-corrected chi connectivity index (χ2v) is 8.96. The van der Waals surface area contributed by atoms with Crippen LogP contribution >= 0.6 is 15.9 Å². The van der Waals surface area contributed by atoms with Crippen molar-refractivity contribution in [1.82, 2.24) is 19.9 Å². The minimum Gasteiger partial charge on any atom is -0.359 e. The molecule has 0 spiro atoms. The van der Waals surface area contributed by atoms with Crippen LogP contribution in [0.5, 0.6) is 0 Å². The third kappa shape index (κ3) is 5.38. The van der Waals surface area contributed by atoms with Crippen molar-refractivity contribution >= 4 is 37.8 Å². The number of nitrogens with zero attached hydrogens (tertiary/aromatic N) is 2. The molecule has 1 fully saturated rings. The largest absolute Gasteiger partial charge is 0.359 e. The van der Waals surface area contributed by atoms with Crippen molar-refractivity contribution in [2.75, 3.05) is 19.7 Å². The second-order valence-electron chi connectivity index (χ2n) is 6.15. The topological polar surface area (TPSA) is 118 Å². The number of hydrogen-bond acceptors (Lipinski definition) is 6. The molecule has 0 radical (unpaired) electrons. The fourth-order valence-corrected chi connectivity index (χ4v) is 4.48. The fourth-order valence-electron chi connectivity index (χ4n) is 2.71. The molecule has 1 aliphatic heterocycles. The van der Waals surface area contributed by atoms with E-state index in [1.165, 1.54) is 16.4 Å². The number of amides is 2. The van der Waals surface area contributed by atoms with Crippen LogP contribution in [0.3, 0.4) is 0 Å². The van der Waals surface area contributed by atoms with E-state index in [-0.39, 0.29) is 31.1 Å². The van der Waals surface area contributed by atoms with Crippen molar-refractivity contribution in [3.05, 3.63) is 58.8 Å². The number of pyridine rings is 1. The number of carbonyl (C=O) groups excluding carboxylic acids is 2. The van der Waals surface area contributed by atoms with Crippen LogP contribution in [0, 0.1) is 0 Å². The molecule has 0 unspecified atom stereocenters. The summed E-state index contributed by atoms with van der Waals surface area (Å²) in [5.74, 6) is -1.69. The number of aromatic nitrogens is 1. The van der Waals surface area contributed by atoms with E-state index in [0.29, 0.717) is 0 Å². The van der Waals surface area contributed by atoms with E-state index in [0.717, 1.165) is 10.0 Å². The van der Waals surface area contributed by atoms with Crippen LogP contribution in [0.4, 0.5) is 0 Å². The lowest BCUT2D eigenvalue weighted by Crippen LogP contribution is -2.47. The van der Waals surface area contributed by atoms with Gasteiger partial charge in [-0.2, -0.15) is 4.31 Å². The zero-order valence-electron chi connectivity index (χ0n) is 15.2. The minimum absolute atomic E-state index is 0.122. The maximum atomic E-state index is 12.8. The van der Waals surface area contributed by atoms with Crippen molar-refractivity contribution in [1.29, 1.82) is 0 Å². The summed E-state index contributed by atoms with van der Waals surface area (Å²) >= 11 is 3.27. The molecule has 1 saturated heterocycles. The molecule has 2 aromatic rings. The number of benzene rings is 1. The van der Waals surface area contributed by atoms with E-state index < -0.39 is 28.1 Å². The molecule has 9 nitrogen and oxygen atoms in total. The number of carbonyl (C=O) groups is 2. The van der Waals surface area contributed by atoms with E-state index in [1.54, 1.807) is 36.7 Å². The molecule has 0 bridgehead atoms. The maximum Gasteiger partial charge on any atom is 0.309 e. The van der Waals surface area contributed by atoms with Gasteiger partial charge in [-0.3, -0.25) is 14.6 Å². The summed E-state index contributed by atoms with van der Waals surface area (Å²) in [6.07, 6.45) is 2.29. The van der Waals surface area contributed by atoms with Gasteiger partial charge in [0.1, 0.15) is 6.23 Å². The first-order valence-corrected chi connectivity index (χ1v) is 10.9. The van der Waals surface area contributed by atoms with Gasteiger partial charge in [0.2, 0.25) is 10.0 Å². The molecule has 2 amide bonds. The van der Waals surface area contributed by atoms with E-state index in [2.05, 4.69) is 31.5 Å². The van der Waals surface area contributed by atoms with Gasteiger partial charge in [0, 0.05) is 30.0 Å². The Morgan fingerprint density at radius 3 is 2.59 bits per heavy atom. The van der Waals surface area contributed by atoms with Crippen LogP contribution < -0.4 is 10.6 Å². The van der Waals surface area contributed by atoms with Crippen LogP contribution in [0.2, 0.25) is 0 Å². The highest BCUT2D eigenvalue weighted by atomic mass is 79.9. The quantitative estimate of drug-likeness (QED) is 0.582. The summed E-state index contributed by atoms with van der Waals surface area (Å²) < 4.78 is 33.0. The van der Waals surface area contributed by atoms with Gasteiger partial charge in [-0.1, -0.05) is 22.0 Å². The average Bonchev–Trinajstić information content (AvgIpc) is 3.21. The molecular formula is C18H19BrN4O5S. The van der Waals surface area contributed by atoms with Gasteiger partial charge in [-0.05, 0) is 35.9 Å². The standard InChI is InChI=1S/C18H19BrN4O5S/c19-14-3-5-15(6-4-14)29(26,27)23-8-9-28-16(23)12-22-18(25)17(24)21-11-13-2-1-7-20-10-13/h1-7,10,16H,8-9,11-12H2,(H,21,24)(H,22,25)/t16-/m0/s1. The normalized spacial score (nSPS) is 17.1. The summed E-state index contributed by atoms with van der Waals surface area (Å²) in [5, 5.41) is 4.90. The van der Waals surface area contributed by atoms with Crippen LogP contribution in [0.15, 0.2) is 58.2 Å². The molecular weight excluding hydrogens is 464 g/mol. The van der Waals surface area contributed by atoms with Gasteiger partial charge in [-0.25, -0.2) is 8.42 Å². The molecule has 1 aromatic carbocycles. The first-order valence-electron chi connectivity index (χ1n) is 8.72. The maximum absolute atomic E-state index is 12.8. The molecule has 0 saturated carbocycles. The summed E-state index contributed by atoms with van der Waals surface area (Å²) in [6.45, 7) is 0.370. The van der Waals surface area contributed by atoms with Crippen molar-refractivity contribution < 1.29 is 22.7 Å². The minimum atomic E-state index is -3.79. The van der Waals surface area contributed by atoms with E-state index in [9.17, 15) is 18.0 Å². The van der Waals surface area contributed by atoms with E-state index >= 15 is 0 Å². The molecule has 0 aliphatic carbocycles. The second kappa shape index (κ2) is 9.44. The van der Waals surface area contributed by atoms with E-state index in [1.807, 2.05) is 0 Å². The van der Waals surface area contributed by atoms with Crippen molar-refractivity contribution in [3.8, 4) is 0 Å². The number of rotatable bonds is 6. The number of sulfonamides is 1. The highest BCUT2D eigenvalue weighted by Gasteiger charge is 2.36. The van der Waals surface area contributed by atoms with Gasteiger partial charge in [-0.15, -0.1) is 0 Å². The zero-order chi connectivity index (χ0) is 20.9. The molecule has 154 valence electrons. The molecule has 2 heterocycles. The number of ether oxygens (including phenoxy) is 1. The molecule has 11 heteroatoms. The Kier molecular flexibility index (Phi) is 6.96. The van der Waals surface area contributed by atoms with Gasteiger partial charge in [0.25, 0.3) is 0 Å². The fraction of sp³-hybridized carbons (Fsp3) is 0.278. The van der Waals surface area contributed by atoms with Gasteiger partial charge < -0.3 is 15.4 Å². The molecule has 1 aliphatic rings. The lowest BCUT2D eigenvalue weighted by atomic mass is 10.3. The van der Waals surface area contributed by atoms with Crippen LogP contribution in [-0.2, 0) is 30.9 Å². The van der Waals surface area contributed by atoms with Crippen LogP contribution in [0.1, 0.15) is 5.56 Å². The van der Waals surface area contributed by atoms with Gasteiger partial charge >= 0.3 is 11.8 Å². The summed E-state index contributed by atoms with van der Waals surface area (Å²) in [7, 11) is -3.79. The average molecular weight is 483 g/mol. The lowest BCUT2D eigenvalue weighted by molar-refractivity contribution is -0.139. The van der Waals surface area contributed by atoms with Gasteiger partial charge in [0.05, 0.1) is 18.0 Å². The molecule has 3 rings (SSSR count). The monoisotopic (exact) mass is 482 g/mol. The van der Waals surface area contributed by atoms with Gasteiger partial charge in [0.15, 0.2) is 0 Å². The Morgan fingerprint density at radius 1 is 1.17 bits per heavy atom. The smallest absolute Gasteiger partial charge is 0.309 e. The Balaban J connectivity index is 1.55. The summed E-state index contributed by atoms with van der Waals surface area (Å²) in [6, 6.07) is 9.72. The van der Waals surface area contributed by atoms with Crippen molar-refractivity contribution in [3.63, 3.8) is 0 Å². The Hall–Kier alpha value is -2.34. The number of nitrogens with one attached hydrogen (secondary N) is 2. The first kappa shape index (κ1) is 21.4. The van der Waals surface area contributed by atoms with Crippen LogP contribution in [-0.4, -0.2) is 55.4 Å². The Morgan fingerprint density at radius 2 is 1.90 bits per heavy atom. The summed E-state index contributed by atoms with van der Waals surface area (Å²) in [5.41, 5.74) is 0.750. The van der Waals surface area contributed by atoms with Crippen molar-refractivity contribution in [2.45, 2.75) is 17.7 Å². The summed E-state index contributed by atoms with van der Waals surface area (Å²) in [4.78, 5) is 28.0. The molecule has 29 heavy (non-hydrogen) atoms.